The SMILES string of the molecule is CC(C)(C)OC(=O)C(CCCCNC(=O)OCc1ccccc1)NC(=O)NC(C(=O)O)C(C(C(=O)O)C(C)(C)C)C(C)(C)C. The molecule has 12 heteroatoms. The first-order valence-electron chi connectivity index (χ1n) is 14.8. The molecule has 12 nitrogen and oxygen atoms in total. The third-order valence-corrected chi connectivity index (χ3v) is 6.87. The first kappa shape index (κ1) is 38.2. The number of rotatable bonds is 14. The topological polar surface area (TPSA) is 180 Å². The van der Waals surface area contributed by atoms with Crippen molar-refractivity contribution in [3.8, 4) is 0 Å². The number of unbranched alkanes of at least 4 members (excludes halogenated alkanes) is 1. The largest absolute Gasteiger partial charge is 0.481 e. The first-order chi connectivity index (χ1) is 20.1. The fraction of sp³-hybridized carbons (Fsp3) is 0.656. The minimum Gasteiger partial charge on any atom is -0.481 e. The van der Waals surface area contributed by atoms with Crippen molar-refractivity contribution in [2.75, 3.05) is 6.54 Å². The molecule has 44 heavy (non-hydrogen) atoms. The number of benzene rings is 1. The van der Waals surface area contributed by atoms with Gasteiger partial charge in [-0.15, -0.1) is 0 Å². The Morgan fingerprint density at radius 3 is 1.86 bits per heavy atom. The van der Waals surface area contributed by atoms with Crippen molar-refractivity contribution < 1.29 is 43.7 Å². The predicted octanol–water partition coefficient (Wildman–Crippen LogP) is 4.96. The van der Waals surface area contributed by atoms with Crippen molar-refractivity contribution >= 4 is 30.0 Å². The molecule has 0 aliphatic rings. The highest BCUT2D eigenvalue weighted by Gasteiger charge is 2.50. The number of aliphatic carboxylic acids is 2. The Morgan fingerprint density at radius 1 is 0.795 bits per heavy atom. The molecule has 0 radical (unpaired) electrons. The van der Waals surface area contributed by atoms with Crippen LogP contribution in [0.5, 0.6) is 0 Å². The van der Waals surface area contributed by atoms with Crippen LogP contribution in [0.2, 0.25) is 0 Å². The zero-order valence-corrected chi connectivity index (χ0v) is 27.5. The molecule has 0 aliphatic carbocycles. The van der Waals surface area contributed by atoms with E-state index in [2.05, 4.69) is 16.0 Å². The van der Waals surface area contributed by atoms with Crippen LogP contribution in [0.3, 0.4) is 0 Å². The molecule has 4 unspecified atom stereocenters. The third-order valence-electron chi connectivity index (χ3n) is 6.87. The number of hydrogen-bond donors (Lipinski definition) is 5. The second-order valence-electron chi connectivity index (χ2n) is 14.1. The second kappa shape index (κ2) is 16.3. The molecule has 4 atom stereocenters. The smallest absolute Gasteiger partial charge is 0.407 e. The molecule has 1 aromatic rings. The molecule has 3 amide bonds. The van der Waals surface area contributed by atoms with Crippen LogP contribution in [-0.2, 0) is 30.5 Å². The molecule has 0 aromatic heterocycles. The Morgan fingerprint density at radius 2 is 1.39 bits per heavy atom. The van der Waals surface area contributed by atoms with Gasteiger partial charge in [0.25, 0.3) is 0 Å². The molecule has 1 aromatic carbocycles. The van der Waals surface area contributed by atoms with E-state index in [0.29, 0.717) is 12.8 Å². The van der Waals surface area contributed by atoms with E-state index in [-0.39, 0.29) is 19.6 Å². The molecule has 0 saturated heterocycles. The molecule has 0 spiro atoms. The summed E-state index contributed by atoms with van der Waals surface area (Å²) in [4.78, 5) is 62.9. The van der Waals surface area contributed by atoms with E-state index < -0.39 is 70.4 Å². The molecule has 0 saturated carbocycles. The lowest BCUT2D eigenvalue weighted by Crippen LogP contribution is -2.59. The van der Waals surface area contributed by atoms with Gasteiger partial charge in [0.15, 0.2) is 0 Å². The van der Waals surface area contributed by atoms with E-state index in [1.807, 2.05) is 30.3 Å². The number of carbonyl (C=O) groups is 5. The Bertz CT molecular complexity index is 1120. The number of carboxylic acid groups (broad SMARTS) is 2. The van der Waals surface area contributed by atoms with Crippen molar-refractivity contribution in [1.82, 2.24) is 16.0 Å². The van der Waals surface area contributed by atoms with Gasteiger partial charge in [-0.1, -0.05) is 71.9 Å². The number of carbonyl (C=O) groups excluding carboxylic acids is 3. The lowest BCUT2D eigenvalue weighted by Gasteiger charge is -2.44. The quantitative estimate of drug-likeness (QED) is 0.142. The van der Waals surface area contributed by atoms with Crippen LogP contribution in [0.4, 0.5) is 9.59 Å². The summed E-state index contributed by atoms with van der Waals surface area (Å²) < 4.78 is 10.7. The van der Waals surface area contributed by atoms with Crippen molar-refractivity contribution in [3.05, 3.63) is 35.9 Å². The van der Waals surface area contributed by atoms with E-state index in [0.717, 1.165) is 5.56 Å². The normalized spacial score (nSPS) is 14.8. The lowest BCUT2D eigenvalue weighted by atomic mass is 9.61. The van der Waals surface area contributed by atoms with Crippen LogP contribution >= 0.6 is 0 Å². The maximum atomic E-state index is 13.2. The van der Waals surface area contributed by atoms with Crippen molar-refractivity contribution in [1.29, 1.82) is 0 Å². The third kappa shape index (κ3) is 13.6. The number of amides is 3. The number of esters is 1. The van der Waals surface area contributed by atoms with Crippen LogP contribution in [0.25, 0.3) is 0 Å². The van der Waals surface area contributed by atoms with E-state index >= 15 is 0 Å². The Labute approximate surface area is 260 Å². The van der Waals surface area contributed by atoms with Crippen LogP contribution in [0.1, 0.15) is 87.1 Å². The molecular formula is C32H51N3O9. The number of carboxylic acids is 2. The van der Waals surface area contributed by atoms with Gasteiger partial charge in [-0.2, -0.15) is 0 Å². The first-order valence-corrected chi connectivity index (χ1v) is 14.8. The van der Waals surface area contributed by atoms with Gasteiger partial charge >= 0.3 is 30.0 Å². The minimum absolute atomic E-state index is 0.128. The van der Waals surface area contributed by atoms with E-state index in [4.69, 9.17) is 9.47 Å². The standard InChI is InChI=1S/C32H51N3O9/c1-30(2,3)22(23(25(36)37)31(4,5)6)24(26(38)39)35-28(41)34-21(27(40)44-32(7,8)9)17-13-14-18-33-29(42)43-19-20-15-11-10-12-16-20/h10-12,15-16,21-24H,13-14,17-19H2,1-9H3,(H,33,42)(H,36,37)(H,38,39)(H2,34,35,41). The molecule has 248 valence electrons. The molecule has 0 bridgehead atoms. The zero-order valence-electron chi connectivity index (χ0n) is 27.5. The average molecular weight is 622 g/mol. The van der Waals surface area contributed by atoms with Gasteiger partial charge in [-0.25, -0.2) is 19.2 Å². The summed E-state index contributed by atoms with van der Waals surface area (Å²) in [5, 5.41) is 27.8. The molecule has 1 rings (SSSR count). The summed E-state index contributed by atoms with van der Waals surface area (Å²) in [6.07, 6.45) is 0.418. The Kier molecular flexibility index (Phi) is 14.1. The van der Waals surface area contributed by atoms with Crippen LogP contribution in [0.15, 0.2) is 30.3 Å². The summed E-state index contributed by atoms with van der Waals surface area (Å²) in [6, 6.07) is 5.59. The molecule has 0 heterocycles. The van der Waals surface area contributed by atoms with Gasteiger partial charge < -0.3 is 35.6 Å². The number of nitrogens with one attached hydrogen (secondary N) is 3. The summed E-state index contributed by atoms with van der Waals surface area (Å²) in [6.45, 7) is 15.7. The van der Waals surface area contributed by atoms with Crippen LogP contribution in [0, 0.1) is 22.7 Å². The van der Waals surface area contributed by atoms with E-state index in [1.165, 1.54) is 0 Å². The number of urea groups is 1. The number of alkyl carbamates (subject to hydrolysis) is 1. The minimum atomic E-state index is -1.57. The van der Waals surface area contributed by atoms with Crippen molar-refractivity contribution in [2.45, 2.75) is 106 Å². The fourth-order valence-corrected chi connectivity index (χ4v) is 4.96. The molecular weight excluding hydrogens is 570 g/mol. The maximum Gasteiger partial charge on any atom is 0.407 e. The summed E-state index contributed by atoms with van der Waals surface area (Å²) in [5.41, 5.74) is -1.65. The lowest BCUT2D eigenvalue weighted by molar-refractivity contribution is -0.157. The zero-order chi connectivity index (χ0) is 33.9. The van der Waals surface area contributed by atoms with Gasteiger partial charge in [-0.3, -0.25) is 4.79 Å². The van der Waals surface area contributed by atoms with Crippen LogP contribution in [-0.4, -0.2) is 64.5 Å². The highest BCUT2D eigenvalue weighted by atomic mass is 16.6. The second-order valence-corrected chi connectivity index (χ2v) is 14.1. The highest BCUT2D eigenvalue weighted by molar-refractivity contribution is 5.87. The molecule has 5 N–H and O–H groups in total. The Balaban J connectivity index is 2.95. The van der Waals surface area contributed by atoms with Gasteiger partial charge in [0.05, 0.1) is 5.92 Å². The van der Waals surface area contributed by atoms with Gasteiger partial charge in [0.1, 0.15) is 24.3 Å². The predicted molar refractivity (Wildman–Crippen MR) is 165 cm³/mol. The number of ether oxygens (including phenoxy) is 2. The fourth-order valence-electron chi connectivity index (χ4n) is 4.96. The summed E-state index contributed by atoms with van der Waals surface area (Å²) in [5.74, 6) is -5.39. The van der Waals surface area contributed by atoms with Crippen LogP contribution < -0.4 is 16.0 Å². The van der Waals surface area contributed by atoms with Gasteiger partial charge in [0, 0.05) is 12.5 Å². The van der Waals surface area contributed by atoms with Crippen molar-refractivity contribution in [3.63, 3.8) is 0 Å². The van der Waals surface area contributed by atoms with Gasteiger partial charge in [-0.05, 0) is 56.4 Å². The maximum absolute atomic E-state index is 13.2. The van der Waals surface area contributed by atoms with Gasteiger partial charge in [0.2, 0.25) is 0 Å². The monoisotopic (exact) mass is 621 g/mol. The van der Waals surface area contributed by atoms with Crippen molar-refractivity contribution in [2.24, 2.45) is 22.7 Å². The highest BCUT2D eigenvalue weighted by Crippen LogP contribution is 2.43. The molecule has 0 fully saturated rings. The number of hydrogen-bond acceptors (Lipinski definition) is 7. The summed E-state index contributed by atoms with van der Waals surface area (Å²) in [7, 11) is 0. The summed E-state index contributed by atoms with van der Waals surface area (Å²) >= 11 is 0. The van der Waals surface area contributed by atoms with E-state index in [1.54, 1.807) is 62.3 Å². The Hall–Kier alpha value is -3.83. The average Bonchev–Trinajstić information content (AvgIpc) is 2.86. The van der Waals surface area contributed by atoms with E-state index in [9.17, 15) is 34.2 Å². The molecule has 0 aliphatic heterocycles.